The summed E-state index contributed by atoms with van der Waals surface area (Å²) >= 11 is 5.82. The van der Waals surface area contributed by atoms with E-state index in [1.54, 1.807) is 24.3 Å². The van der Waals surface area contributed by atoms with Crippen LogP contribution in [0.25, 0.3) is 0 Å². The fourth-order valence-corrected chi connectivity index (χ4v) is 4.66. The zero-order valence-corrected chi connectivity index (χ0v) is 16.6. The van der Waals surface area contributed by atoms with Crippen LogP contribution in [-0.2, 0) is 27.1 Å². The Kier molecular flexibility index (Phi) is 6.66. The SMILES string of the molecule is O=C(NCc1ccccc1CS(=O)(=O)N1CCOCC1)c1cc(Cl)ccc1F. The van der Waals surface area contributed by atoms with Gasteiger partial charge in [-0.15, -0.1) is 0 Å². The third-order valence-corrected chi connectivity index (χ3v) is 6.50. The van der Waals surface area contributed by atoms with Gasteiger partial charge in [0.25, 0.3) is 5.91 Å². The molecule has 3 rings (SSSR count). The Labute approximate surface area is 168 Å². The van der Waals surface area contributed by atoms with Crippen molar-refractivity contribution in [2.45, 2.75) is 12.3 Å². The summed E-state index contributed by atoms with van der Waals surface area (Å²) in [6.45, 7) is 1.48. The zero-order valence-electron chi connectivity index (χ0n) is 15.0. The Morgan fingerprint density at radius 1 is 1.14 bits per heavy atom. The maximum atomic E-state index is 13.8. The summed E-state index contributed by atoms with van der Waals surface area (Å²) in [5.74, 6) is -1.47. The summed E-state index contributed by atoms with van der Waals surface area (Å²) in [6, 6.07) is 10.7. The van der Waals surface area contributed by atoms with Crippen molar-refractivity contribution in [1.29, 1.82) is 0 Å². The number of rotatable bonds is 6. The maximum absolute atomic E-state index is 13.8. The van der Waals surface area contributed by atoms with Gasteiger partial charge >= 0.3 is 0 Å². The van der Waals surface area contributed by atoms with E-state index in [1.807, 2.05) is 0 Å². The van der Waals surface area contributed by atoms with Gasteiger partial charge in [-0.05, 0) is 29.3 Å². The minimum Gasteiger partial charge on any atom is -0.379 e. The van der Waals surface area contributed by atoms with Crippen LogP contribution in [0, 0.1) is 5.82 Å². The summed E-state index contributed by atoms with van der Waals surface area (Å²) in [4.78, 5) is 12.3. The number of sulfonamides is 1. The van der Waals surface area contributed by atoms with E-state index in [0.29, 0.717) is 37.4 Å². The van der Waals surface area contributed by atoms with Gasteiger partial charge in [-0.1, -0.05) is 35.9 Å². The number of nitrogens with one attached hydrogen (secondary N) is 1. The number of carbonyl (C=O) groups is 1. The highest BCUT2D eigenvalue weighted by Gasteiger charge is 2.25. The van der Waals surface area contributed by atoms with E-state index >= 15 is 0 Å². The first-order valence-electron chi connectivity index (χ1n) is 8.72. The van der Waals surface area contributed by atoms with Crippen LogP contribution in [0.3, 0.4) is 0 Å². The van der Waals surface area contributed by atoms with Crippen molar-refractivity contribution in [1.82, 2.24) is 9.62 Å². The first-order valence-corrected chi connectivity index (χ1v) is 10.7. The Morgan fingerprint density at radius 3 is 2.54 bits per heavy atom. The number of hydrogen-bond acceptors (Lipinski definition) is 4. The van der Waals surface area contributed by atoms with Crippen molar-refractivity contribution in [2.24, 2.45) is 0 Å². The molecule has 1 N–H and O–H groups in total. The molecule has 0 radical (unpaired) electrons. The van der Waals surface area contributed by atoms with Gasteiger partial charge in [-0.3, -0.25) is 4.79 Å². The molecular formula is C19H20ClFN2O4S. The van der Waals surface area contributed by atoms with Gasteiger partial charge in [0.1, 0.15) is 5.82 Å². The third kappa shape index (κ3) is 5.08. The second-order valence-corrected chi connectivity index (χ2v) is 8.75. The fraction of sp³-hybridized carbons (Fsp3) is 0.316. The van der Waals surface area contributed by atoms with Crippen LogP contribution >= 0.6 is 11.6 Å². The number of halogens is 2. The second kappa shape index (κ2) is 9.00. The summed E-state index contributed by atoms with van der Waals surface area (Å²) < 4.78 is 45.8. The van der Waals surface area contributed by atoms with E-state index in [4.69, 9.17) is 16.3 Å². The van der Waals surface area contributed by atoms with Gasteiger partial charge in [0.15, 0.2) is 0 Å². The molecule has 0 bridgehead atoms. The van der Waals surface area contributed by atoms with Crippen molar-refractivity contribution < 1.29 is 22.3 Å². The molecule has 1 amide bonds. The average Bonchev–Trinajstić information content (AvgIpc) is 2.69. The molecule has 1 fully saturated rings. The lowest BCUT2D eigenvalue weighted by molar-refractivity contribution is 0.0729. The number of carbonyl (C=O) groups excluding carboxylic acids is 1. The summed E-state index contributed by atoms with van der Waals surface area (Å²) in [7, 11) is -3.50. The molecule has 150 valence electrons. The Hall–Kier alpha value is -2.00. The quantitative estimate of drug-likeness (QED) is 0.770. The largest absolute Gasteiger partial charge is 0.379 e. The highest BCUT2D eigenvalue weighted by atomic mass is 35.5. The number of ether oxygens (including phenoxy) is 1. The van der Waals surface area contributed by atoms with E-state index < -0.39 is 21.7 Å². The van der Waals surface area contributed by atoms with Crippen LogP contribution in [0.15, 0.2) is 42.5 Å². The van der Waals surface area contributed by atoms with Crippen molar-refractivity contribution >= 4 is 27.5 Å². The van der Waals surface area contributed by atoms with Crippen LogP contribution in [0.1, 0.15) is 21.5 Å². The molecule has 0 unspecified atom stereocenters. The molecule has 1 aliphatic heterocycles. The zero-order chi connectivity index (χ0) is 20.1. The lowest BCUT2D eigenvalue weighted by Crippen LogP contribution is -2.41. The van der Waals surface area contributed by atoms with E-state index in [2.05, 4.69) is 5.32 Å². The standard InChI is InChI=1S/C19H20ClFN2O4S/c20-16-5-6-18(21)17(11-16)19(24)22-12-14-3-1-2-4-15(14)13-28(25,26)23-7-9-27-10-8-23/h1-6,11H,7-10,12-13H2,(H,22,24). The molecule has 28 heavy (non-hydrogen) atoms. The molecule has 2 aromatic carbocycles. The summed E-state index contributed by atoms with van der Waals surface area (Å²) in [6.07, 6.45) is 0. The molecule has 0 atom stereocenters. The van der Waals surface area contributed by atoms with Crippen molar-refractivity contribution in [2.75, 3.05) is 26.3 Å². The smallest absolute Gasteiger partial charge is 0.254 e. The lowest BCUT2D eigenvalue weighted by atomic mass is 10.1. The van der Waals surface area contributed by atoms with Crippen LogP contribution in [0.5, 0.6) is 0 Å². The third-order valence-electron chi connectivity index (χ3n) is 4.43. The first kappa shape index (κ1) is 20.7. The molecule has 9 heteroatoms. The monoisotopic (exact) mass is 426 g/mol. The van der Waals surface area contributed by atoms with Gasteiger partial charge in [-0.25, -0.2) is 12.8 Å². The molecule has 0 spiro atoms. The summed E-state index contributed by atoms with van der Waals surface area (Å²) in [5, 5.41) is 2.88. The number of hydrogen-bond donors (Lipinski definition) is 1. The molecule has 1 aliphatic rings. The molecule has 0 saturated carbocycles. The highest BCUT2D eigenvalue weighted by Crippen LogP contribution is 2.18. The van der Waals surface area contributed by atoms with Gasteiger partial charge in [0.05, 0.1) is 24.5 Å². The lowest BCUT2D eigenvalue weighted by Gasteiger charge is -2.26. The normalized spacial score (nSPS) is 15.4. The van der Waals surface area contributed by atoms with E-state index in [1.165, 1.54) is 16.4 Å². The van der Waals surface area contributed by atoms with Crippen molar-refractivity contribution in [3.63, 3.8) is 0 Å². The maximum Gasteiger partial charge on any atom is 0.254 e. The van der Waals surface area contributed by atoms with Crippen LogP contribution in [0.2, 0.25) is 5.02 Å². The van der Waals surface area contributed by atoms with Gasteiger partial charge < -0.3 is 10.1 Å². The van der Waals surface area contributed by atoms with Crippen molar-refractivity contribution in [3.05, 3.63) is 70.0 Å². The number of amides is 1. The van der Waals surface area contributed by atoms with E-state index in [9.17, 15) is 17.6 Å². The Bertz CT molecular complexity index is 962. The van der Waals surface area contributed by atoms with Crippen LogP contribution < -0.4 is 5.32 Å². The van der Waals surface area contributed by atoms with Crippen LogP contribution in [0.4, 0.5) is 4.39 Å². The minimum absolute atomic E-state index is 0.0690. The van der Waals surface area contributed by atoms with Gasteiger partial charge in [0.2, 0.25) is 10.0 Å². The van der Waals surface area contributed by atoms with Crippen LogP contribution in [-0.4, -0.2) is 44.9 Å². The molecule has 2 aromatic rings. The predicted octanol–water partition coefficient (Wildman–Crippen LogP) is 2.57. The average molecular weight is 427 g/mol. The topological polar surface area (TPSA) is 75.7 Å². The molecule has 0 aromatic heterocycles. The highest BCUT2D eigenvalue weighted by molar-refractivity contribution is 7.88. The van der Waals surface area contributed by atoms with Gasteiger partial charge in [-0.2, -0.15) is 4.31 Å². The Morgan fingerprint density at radius 2 is 1.82 bits per heavy atom. The molecule has 6 nitrogen and oxygen atoms in total. The number of morpholine rings is 1. The van der Waals surface area contributed by atoms with E-state index in [0.717, 1.165) is 6.07 Å². The van der Waals surface area contributed by atoms with Crippen molar-refractivity contribution in [3.8, 4) is 0 Å². The molecule has 0 aliphatic carbocycles. The fourth-order valence-electron chi connectivity index (χ4n) is 2.93. The number of benzene rings is 2. The minimum atomic E-state index is -3.50. The molecular weight excluding hydrogens is 407 g/mol. The molecule has 1 heterocycles. The first-order chi connectivity index (χ1) is 13.4. The predicted molar refractivity (Wildman–Crippen MR) is 104 cm³/mol. The summed E-state index contributed by atoms with van der Waals surface area (Å²) in [5.41, 5.74) is 1.07. The number of nitrogens with zero attached hydrogens (tertiary/aromatic N) is 1. The molecule has 1 saturated heterocycles. The Balaban J connectivity index is 1.72. The second-order valence-electron chi connectivity index (χ2n) is 6.34. The van der Waals surface area contributed by atoms with E-state index in [-0.39, 0.29) is 22.9 Å². The van der Waals surface area contributed by atoms with Gasteiger partial charge in [0, 0.05) is 24.7 Å².